The minimum Gasteiger partial charge on any atom is -0.460 e. The standard InChI is InChI=1S/C13H24O3/c1-2-3-4-5-6-7-8-13(14)16-12-9-10-15-11-12/h12H,2-11H2,1H3. The second-order valence-corrected chi connectivity index (χ2v) is 4.49. The lowest BCUT2D eigenvalue weighted by Crippen LogP contribution is -2.17. The summed E-state index contributed by atoms with van der Waals surface area (Å²) in [7, 11) is 0. The number of ether oxygens (including phenoxy) is 2. The molecule has 0 aliphatic carbocycles. The number of hydrogen-bond donors (Lipinski definition) is 0. The van der Waals surface area contributed by atoms with Crippen molar-refractivity contribution in [3.8, 4) is 0 Å². The van der Waals surface area contributed by atoms with Crippen LogP contribution < -0.4 is 0 Å². The minimum absolute atomic E-state index is 0.0209. The van der Waals surface area contributed by atoms with Gasteiger partial charge in [-0.05, 0) is 6.42 Å². The van der Waals surface area contributed by atoms with Crippen molar-refractivity contribution in [2.45, 2.75) is 64.4 Å². The SMILES string of the molecule is CCCCCCCCC(=O)OC1CCOC1. The molecule has 0 bridgehead atoms. The molecule has 1 unspecified atom stereocenters. The summed E-state index contributed by atoms with van der Waals surface area (Å²) in [6.07, 6.45) is 8.69. The van der Waals surface area contributed by atoms with E-state index >= 15 is 0 Å². The number of unbranched alkanes of at least 4 members (excludes halogenated alkanes) is 5. The van der Waals surface area contributed by atoms with Gasteiger partial charge in [0.2, 0.25) is 0 Å². The van der Waals surface area contributed by atoms with Crippen molar-refractivity contribution >= 4 is 5.97 Å². The summed E-state index contributed by atoms with van der Waals surface area (Å²) in [6, 6.07) is 0. The van der Waals surface area contributed by atoms with E-state index in [1.165, 1.54) is 25.7 Å². The molecular formula is C13H24O3. The molecule has 0 aromatic heterocycles. The van der Waals surface area contributed by atoms with Gasteiger partial charge in [-0.3, -0.25) is 4.79 Å². The maximum absolute atomic E-state index is 11.4. The zero-order valence-electron chi connectivity index (χ0n) is 10.4. The third-order valence-corrected chi connectivity index (χ3v) is 2.92. The van der Waals surface area contributed by atoms with Crippen LogP contribution in [0.5, 0.6) is 0 Å². The molecule has 0 amide bonds. The number of hydrogen-bond acceptors (Lipinski definition) is 3. The zero-order valence-corrected chi connectivity index (χ0v) is 10.4. The molecule has 1 aliphatic heterocycles. The van der Waals surface area contributed by atoms with E-state index < -0.39 is 0 Å². The molecular weight excluding hydrogens is 204 g/mol. The highest BCUT2D eigenvalue weighted by atomic mass is 16.6. The van der Waals surface area contributed by atoms with E-state index in [0.717, 1.165) is 25.9 Å². The molecule has 3 nitrogen and oxygen atoms in total. The fourth-order valence-electron chi connectivity index (χ4n) is 1.90. The molecule has 0 aromatic rings. The van der Waals surface area contributed by atoms with Crippen LogP contribution in [0.25, 0.3) is 0 Å². The summed E-state index contributed by atoms with van der Waals surface area (Å²) in [5, 5.41) is 0. The van der Waals surface area contributed by atoms with Crippen molar-refractivity contribution in [2.75, 3.05) is 13.2 Å². The lowest BCUT2D eigenvalue weighted by atomic mass is 10.1. The predicted molar refractivity (Wildman–Crippen MR) is 63.3 cm³/mol. The van der Waals surface area contributed by atoms with Crippen LogP contribution in [0, 0.1) is 0 Å². The lowest BCUT2D eigenvalue weighted by molar-refractivity contribution is -0.149. The van der Waals surface area contributed by atoms with Gasteiger partial charge in [0.1, 0.15) is 6.10 Å². The second-order valence-electron chi connectivity index (χ2n) is 4.49. The molecule has 0 radical (unpaired) electrons. The van der Waals surface area contributed by atoms with Gasteiger partial charge in [0.15, 0.2) is 0 Å². The molecule has 1 fully saturated rings. The Kier molecular flexibility index (Phi) is 7.23. The lowest BCUT2D eigenvalue weighted by Gasteiger charge is -2.09. The molecule has 1 heterocycles. The molecule has 0 N–H and O–H groups in total. The molecule has 0 spiro atoms. The van der Waals surface area contributed by atoms with Gasteiger partial charge in [-0.15, -0.1) is 0 Å². The molecule has 1 rings (SSSR count). The maximum Gasteiger partial charge on any atom is 0.306 e. The molecule has 0 aromatic carbocycles. The summed E-state index contributed by atoms with van der Waals surface area (Å²) >= 11 is 0. The largest absolute Gasteiger partial charge is 0.460 e. The average Bonchev–Trinajstić information content (AvgIpc) is 2.76. The highest BCUT2D eigenvalue weighted by molar-refractivity contribution is 5.69. The summed E-state index contributed by atoms with van der Waals surface area (Å²) in [5.74, 6) is -0.0500. The Balaban J connectivity index is 1.89. The number of carbonyl (C=O) groups excluding carboxylic acids is 1. The smallest absolute Gasteiger partial charge is 0.306 e. The minimum atomic E-state index is -0.0500. The summed E-state index contributed by atoms with van der Waals surface area (Å²) in [6.45, 7) is 3.53. The monoisotopic (exact) mass is 228 g/mol. The number of esters is 1. The van der Waals surface area contributed by atoms with Crippen LogP contribution in [0.15, 0.2) is 0 Å². The zero-order chi connectivity index (χ0) is 11.6. The number of carbonyl (C=O) groups is 1. The molecule has 1 saturated heterocycles. The van der Waals surface area contributed by atoms with Crippen LogP contribution >= 0.6 is 0 Å². The fourth-order valence-corrected chi connectivity index (χ4v) is 1.90. The van der Waals surface area contributed by atoms with Gasteiger partial charge in [-0.1, -0.05) is 39.0 Å². The molecule has 1 aliphatic rings. The summed E-state index contributed by atoms with van der Waals surface area (Å²) in [5.41, 5.74) is 0. The Morgan fingerprint density at radius 1 is 1.25 bits per heavy atom. The van der Waals surface area contributed by atoms with Gasteiger partial charge >= 0.3 is 5.97 Å². The normalized spacial score (nSPS) is 19.9. The summed E-state index contributed by atoms with van der Waals surface area (Å²) < 4.78 is 10.4. The second kappa shape index (κ2) is 8.57. The third kappa shape index (κ3) is 6.11. The number of rotatable bonds is 8. The Morgan fingerprint density at radius 2 is 2.00 bits per heavy atom. The highest BCUT2D eigenvalue weighted by Gasteiger charge is 2.19. The van der Waals surface area contributed by atoms with Crippen molar-refractivity contribution in [3.05, 3.63) is 0 Å². The van der Waals surface area contributed by atoms with Gasteiger partial charge in [0.25, 0.3) is 0 Å². The molecule has 0 saturated carbocycles. The first kappa shape index (κ1) is 13.5. The highest BCUT2D eigenvalue weighted by Crippen LogP contribution is 2.11. The van der Waals surface area contributed by atoms with Crippen LogP contribution in [0.2, 0.25) is 0 Å². The quantitative estimate of drug-likeness (QED) is 0.473. The van der Waals surface area contributed by atoms with Crippen LogP contribution in [-0.2, 0) is 14.3 Å². The van der Waals surface area contributed by atoms with E-state index in [-0.39, 0.29) is 12.1 Å². The Hall–Kier alpha value is -0.570. The van der Waals surface area contributed by atoms with Gasteiger partial charge in [-0.25, -0.2) is 0 Å². The predicted octanol–water partition coefficient (Wildman–Crippen LogP) is 3.07. The van der Waals surface area contributed by atoms with Gasteiger partial charge in [-0.2, -0.15) is 0 Å². The first-order chi connectivity index (χ1) is 7.83. The van der Waals surface area contributed by atoms with Gasteiger partial charge in [0, 0.05) is 12.8 Å². The van der Waals surface area contributed by atoms with Crippen molar-refractivity contribution in [1.82, 2.24) is 0 Å². The van der Waals surface area contributed by atoms with Crippen LogP contribution in [0.3, 0.4) is 0 Å². The average molecular weight is 228 g/mol. The fraction of sp³-hybridized carbons (Fsp3) is 0.923. The Labute approximate surface area is 98.5 Å². The molecule has 94 valence electrons. The molecule has 16 heavy (non-hydrogen) atoms. The van der Waals surface area contributed by atoms with E-state index in [2.05, 4.69) is 6.92 Å². The first-order valence-electron chi connectivity index (χ1n) is 6.60. The summed E-state index contributed by atoms with van der Waals surface area (Å²) in [4.78, 5) is 11.4. The molecule has 3 heteroatoms. The first-order valence-corrected chi connectivity index (χ1v) is 6.60. The van der Waals surface area contributed by atoms with E-state index in [4.69, 9.17) is 9.47 Å². The van der Waals surface area contributed by atoms with Crippen LogP contribution in [0.1, 0.15) is 58.3 Å². The Bertz CT molecular complexity index is 186. The van der Waals surface area contributed by atoms with E-state index in [1.54, 1.807) is 0 Å². The molecule has 1 atom stereocenters. The van der Waals surface area contributed by atoms with E-state index in [0.29, 0.717) is 13.0 Å². The Morgan fingerprint density at radius 3 is 2.69 bits per heavy atom. The van der Waals surface area contributed by atoms with E-state index in [9.17, 15) is 4.79 Å². The van der Waals surface area contributed by atoms with Crippen molar-refractivity contribution < 1.29 is 14.3 Å². The topological polar surface area (TPSA) is 35.5 Å². The van der Waals surface area contributed by atoms with Crippen molar-refractivity contribution in [1.29, 1.82) is 0 Å². The van der Waals surface area contributed by atoms with E-state index in [1.807, 2.05) is 0 Å². The van der Waals surface area contributed by atoms with Crippen molar-refractivity contribution in [3.63, 3.8) is 0 Å². The van der Waals surface area contributed by atoms with Gasteiger partial charge in [0.05, 0.1) is 13.2 Å². The third-order valence-electron chi connectivity index (χ3n) is 2.92. The van der Waals surface area contributed by atoms with Crippen LogP contribution in [0.4, 0.5) is 0 Å². The van der Waals surface area contributed by atoms with Gasteiger partial charge < -0.3 is 9.47 Å². The van der Waals surface area contributed by atoms with Crippen LogP contribution in [-0.4, -0.2) is 25.3 Å². The van der Waals surface area contributed by atoms with Crippen molar-refractivity contribution in [2.24, 2.45) is 0 Å². The maximum atomic E-state index is 11.4.